The normalized spacial score (nSPS) is 45.6. The molecule has 418 valence electrons. The van der Waals surface area contributed by atoms with Gasteiger partial charge >= 0.3 is 0 Å². The second-order valence-corrected chi connectivity index (χ2v) is 31.5. The lowest BCUT2D eigenvalue weighted by atomic mass is 9.46. The van der Waals surface area contributed by atoms with E-state index < -0.39 is 0 Å². The zero-order valence-electron chi connectivity index (χ0n) is 49.6. The van der Waals surface area contributed by atoms with Crippen molar-refractivity contribution < 1.29 is 34.0 Å². The Labute approximate surface area is 455 Å². The molecule has 0 saturated heterocycles. The first-order valence-corrected chi connectivity index (χ1v) is 30.9. The molecule has 75 heavy (non-hydrogen) atoms. The van der Waals surface area contributed by atoms with Gasteiger partial charge in [-0.05, 0) is 300 Å². The highest BCUT2D eigenvalue weighted by Crippen LogP contribution is 2.68. The lowest BCUT2D eigenvalue weighted by Crippen LogP contribution is -2.53. The maximum Gasteiger partial charge on any atom is 0.155 e. The third-order valence-electron chi connectivity index (χ3n) is 24.0. The predicted octanol–water partition coefficient (Wildman–Crippen LogP) is 15.7. The molecule has 7 nitrogen and oxygen atoms in total. The van der Waals surface area contributed by atoms with Crippen molar-refractivity contribution in [3.63, 3.8) is 0 Å². The van der Waals surface area contributed by atoms with Crippen LogP contribution in [0.15, 0.2) is 42.0 Å². The van der Waals surface area contributed by atoms with E-state index >= 15 is 0 Å². The van der Waals surface area contributed by atoms with Crippen LogP contribution in [0.1, 0.15) is 236 Å². The van der Waals surface area contributed by atoms with Crippen LogP contribution in [0.25, 0.3) is 0 Å². The van der Waals surface area contributed by atoms with Crippen LogP contribution in [0.4, 0.5) is 0 Å². The third kappa shape index (κ3) is 10.2. The Bertz CT molecular complexity index is 2300. The van der Waals surface area contributed by atoms with Crippen LogP contribution >= 0.6 is 0 Å². The molecule has 0 aliphatic heterocycles. The quantitative estimate of drug-likeness (QED) is 0.311. The number of ketones is 2. The Morgan fingerprint density at radius 1 is 0.560 bits per heavy atom. The molecule has 0 unspecified atom stereocenters. The SMILES string of the molecule is CC(C)(C)O[C@H]1CC[C@H]2[C@@H]3CCC4=CC(=O)CC[C@]4(C)[C@H]3CC[C@]12C.CC(C)(C)O[C@H]1CC[C@H]2[C@@H]3CC[C@H]4CC(=O)C=C[C@]4(C)[C@H]3CC[C@]12C.CC(C)(C)O[C@H]1C[C@H]2[C@@H]3CCc4cc(O)ccc4[C@H]3CC[C@]2(C)[C@H]1O. The highest BCUT2D eigenvalue weighted by molar-refractivity contribution is 5.92. The fraction of sp³-hybridized carbons (Fsp3) is 0.824. The molecule has 0 spiro atoms. The molecule has 1 aromatic carbocycles. The lowest BCUT2D eigenvalue weighted by molar-refractivity contribution is -0.147. The van der Waals surface area contributed by atoms with Crippen LogP contribution < -0.4 is 0 Å². The molecule has 8 saturated carbocycles. The number of phenolic OH excluding ortho intramolecular Hbond substituents is 1. The number of aliphatic hydroxyl groups excluding tert-OH is 1. The van der Waals surface area contributed by atoms with Crippen LogP contribution in [0.2, 0.25) is 0 Å². The molecule has 7 heteroatoms. The van der Waals surface area contributed by atoms with Crippen LogP contribution in [0.3, 0.4) is 0 Å². The highest BCUT2D eigenvalue weighted by atomic mass is 16.5. The van der Waals surface area contributed by atoms with Gasteiger partial charge in [-0.25, -0.2) is 0 Å². The van der Waals surface area contributed by atoms with E-state index in [1.165, 1.54) is 87.3 Å². The molecule has 0 radical (unpaired) electrons. The Hall–Kier alpha value is -2.32. The number of hydrogen-bond acceptors (Lipinski definition) is 7. The summed E-state index contributed by atoms with van der Waals surface area (Å²) in [4.78, 5) is 23.9. The Balaban J connectivity index is 0.000000128. The summed E-state index contributed by atoms with van der Waals surface area (Å²) in [7, 11) is 0. The van der Waals surface area contributed by atoms with E-state index in [2.05, 4.69) is 109 Å². The average Bonchev–Trinajstić information content (AvgIpc) is 3.91. The molecule has 0 aromatic heterocycles. The summed E-state index contributed by atoms with van der Waals surface area (Å²) in [6, 6.07) is 5.93. The van der Waals surface area contributed by atoms with E-state index in [0.717, 1.165) is 93.3 Å². The summed E-state index contributed by atoms with van der Waals surface area (Å²) in [5.41, 5.74) is 5.17. The highest BCUT2D eigenvalue weighted by Gasteiger charge is 2.63. The van der Waals surface area contributed by atoms with Crippen molar-refractivity contribution in [2.75, 3.05) is 0 Å². The van der Waals surface area contributed by atoms with Gasteiger partial charge < -0.3 is 24.4 Å². The minimum atomic E-state index is -0.362. The second-order valence-electron chi connectivity index (χ2n) is 31.5. The summed E-state index contributed by atoms with van der Waals surface area (Å²) >= 11 is 0. The summed E-state index contributed by atoms with van der Waals surface area (Å²) in [5, 5.41) is 20.9. The van der Waals surface area contributed by atoms with Gasteiger partial charge in [0.1, 0.15) is 5.75 Å². The van der Waals surface area contributed by atoms with Gasteiger partial charge in [0.2, 0.25) is 0 Å². The number of allylic oxidation sites excluding steroid dienone is 3. The van der Waals surface area contributed by atoms with E-state index in [9.17, 15) is 19.8 Å². The molecule has 0 bridgehead atoms. The first-order valence-electron chi connectivity index (χ1n) is 30.9. The summed E-state index contributed by atoms with van der Waals surface area (Å²) in [6.45, 7) is 31.7. The summed E-state index contributed by atoms with van der Waals surface area (Å²) < 4.78 is 19.3. The van der Waals surface area contributed by atoms with Gasteiger partial charge in [-0.3, -0.25) is 9.59 Å². The number of aryl methyl sites for hydroxylation is 1. The smallest absolute Gasteiger partial charge is 0.155 e. The molecule has 2 N–H and O–H groups in total. The van der Waals surface area contributed by atoms with E-state index in [1.807, 2.05) is 24.3 Å². The van der Waals surface area contributed by atoms with Gasteiger partial charge in [-0.15, -0.1) is 0 Å². The third-order valence-corrected chi connectivity index (χ3v) is 24.0. The second kappa shape index (κ2) is 19.7. The number of ether oxygens (including phenoxy) is 3. The van der Waals surface area contributed by atoms with Crippen LogP contribution in [0.5, 0.6) is 5.75 Å². The minimum Gasteiger partial charge on any atom is -0.508 e. The molecular formula is C68H104O7. The minimum absolute atomic E-state index is 0.0223. The Morgan fingerprint density at radius 3 is 1.77 bits per heavy atom. The fourth-order valence-electron chi connectivity index (χ4n) is 20.4. The molecule has 1 aromatic rings. The number of fused-ring (bicyclic) bond motifs is 15. The van der Waals surface area contributed by atoms with Crippen LogP contribution in [-0.4, -0.2) is 63.0 Å². The number of rotatable bonds is 3. The number of carbonyl (C=O) groups excluding carboxylic acids is 2. The molecular weight excluding hydrogens is 929 g/mol. The standard InChI is InChI=1S/2C23H36O2.C22H32O3/c2*1-21(2,3)25-20-9-8-18-17-7-6-15-14-16(24)10-12-22(15,4)19(17)11-13-23(18,20)5;1-21(2,3)25-19-12-18-17-7-5-13-11-14(23)6-8-15(13)16(17)9-10-22(18,4)20(19)24/h14,17-20H,6-13H2,1-5H3;10,12,15,17-20H,6-9,11,13-14H2,1-5H3;6,8,11,16-20,23-24H,5,7,9-10,12H2,1-4H3/t17-,18-,19-,20-,22-,23-;15-,17-,18-,19-,20-,22-,23-;16-,17-,18+,19+,20+,22+/m001/s1. The van der Waals surface area contributed by atoms with Crippen molar-refractivity contribution >= 4 is 11.6 Å². The van der Waals surface area contributed by atoms with Gasteiger partial charge in [-0.1, -0.05) is 52.3 Å². The molecule has 0 amide bonds. The molecule has 12 rings (SSSR count). The van der Waals surface area contributed by atoms with Gasteiger partial charge in [-0.2, -0.15) is 0 Å². The number of hydrogen-bond donors (Lipinski definition) is 2. The maximum atomic E-state index is 11.9. The lowest BCUT2D eigenvalue weighted by Gasteiger charge is -2.59. The topological polar surface area (TPSA) is 102 Å². The van der Waals surface area contributed by atoms with Gasteiger partial charge in [0.05, 0.1) is 41.2 Å². The van der Waals surface area contributed by atoms with Gasteiger partial charge in [0, 0.05) is 12.8 Å². The van der Waals surface area contributed by atoms with Crippen molar-refractivity contribution in [3.8, 4) is 5.75 Å². The first-order chi connectivity index (χ1) is 35.0. The fourth-order valence-corrected chi connectivity index (χ4v) is 20.4. The number of aliphatic hydroxyl groups is 1. The van der Waals surface area contributed by atoms with Crippen LogP contribution in [-0.2, 0) is 30.2 Å². The largest absolute Gasteiger partial charge is 0.508 e. The van der Waals surface area contributed by atoms with E-state index in [0.29, 0.717) is 69.4 Å². The Kier molecular flexibility index (Phi) is 14.7. The van der Waals surface area contributed by atoms with E-state index in [1.54, 1.807) is 0 Å². The average molecular weight is 1030 g/mol. The molecule has 19 atom stereocenters. The zero-order valence-corrected chi connectivity index (χ0v) is 49.6. The Morgan fingerprint density at radius 2 is 1.15 bits per heavy atom. The van der Waals surface area contributed by atoms with Crippen molar-refractivity contribution in [1.82, 2.24) is 0 Å². The predicted molar refractivity (Wildman–Crippen MR) is 301 cm³/mol. The molecule has 11 aliphatic rings. The van der Waals surface area contributed by atoms with E-state index in [-0.39, 0.29) is 39.8 Å². The van der Waals surface area contributed by atoms with E-state index in [4.69, 9.17) is 14.2 Å². The van der Waals surface area contributed by atoms with Gasteiger partial charge in [0.25, 0.3) is 0 Å². The number of benzene rings is 1. The summed E-state index contributed by atoms with van der Waals surface area (Å²) in [5.74, 6) is 8.23. The number of aromatic hydroxyl groups is 1. The monoisotopic (exact) mass is 1030 g/mol. The van der Waals surface area contributed by atoms with Crippen molar-refractivity contribution in [2.45, 2.75) is 272 Å². The van der Waals surface area contributed by atoms with Crippen molar-refractivity contribution in [3.05, 3.63) is 53.1 Å². The number of phenols is 1. The zero-order chi connectivity index (χ0) is 54.1. The first kappa shape index (κ1) is 56.0. The van der Waals surface area contributed by atoms with Crippen molar-refractivity contribution in [2.24, 2.45) is 80.3 Å². The maximum absolute atomic E-state index is 11.9. The van der Waals surface area contributed by atoms with Crippen molar-refractivity contribution in [1.29, 1.82) is 0 Å². The molecule has 0 heterocycles. The van der Waals surface area contributed by atoms with Gasteiger partial charge in [0.15, 0.2) is 11.6 Å². The molecule has 11 aliphatic carbocycles. The summed E-state index contributed by atoms with van der Waals surface area (Å²) in [6.07, 6.45) is 30.1. The number of carbonyl (C=O) groups is 2. The molecule has 8 fully saturated rings. The van der Waals surface area contributed by atoms with Crippen LogP contribution in [0, 0.1) is 80.3 Å².